The van der Waals surface area contributed by atoms with E-state index in [1.807, 2.05) is 30.3 Å². The van der Waals surface area contributed by atoms with Crippen molar-refractivity contribution in [1.29, 1.82) is 0 Å². The summed E-state index contributed by atoms with van der Waals surface area (Å²) in [5, 5.41) is 23.8. The minimum absolute atomic E-state index is 0.0257. The molecule has 0 saturated heterocycles. The molecular formula is C17H16BrN3O4. The largest absolute Gasteiger partial charge is 0.393 e. The number of amides is 1. The average molecular weight is 406 g/mol. The van der Waals surface area contributed by atoms with Gasteiger partial charge in [0.05, 0.1) is 22.1 Å². The number of halogens is 1. The highest BCUT2D eigenvalue weighted by Gasteiger charge is 2.46. The number of rotatable bonds is 4. The molecule has 1 amide bonds. The summed E-state index contributed by atoms with van der Waals surface area (Å²) >= 11 is 3.17. The van der Waals surface area contributed by atoms with Gasteiger partial charge in [0.25, 0.3) is 11.6 Å². The Bertz CT molecular complexity index is 835. The van der Waals surface area contributed by atoms with Crippen molar-refractivity contribution >= 4 is 33.2 Å². The average Bonchev–Trinajstić information content (AvgIpc) is 2.55. The van der Waals surface area contributed by atoms with E-state index < -0.39 is 22.5 Å². The minimum Gasteiger partial charge on any atom is -0.393 e. The summed E-state index contributed by atoms with van der Waals surface area (Å²) in [6, 6.07) is 12.0. The molecule has 1 aliphatic rings. The Morgan fingerprint density at radius 1 is 1.32 bits per heavy atom. The number of hydrogen-bond acceptors (Lipinski definition) is 5. The van der Waals surface area contributed by atoms with Crippen LogP contribution in [-0.4, -0.2) is 22.0 Å². The number of nitrogens with two attached hydrogens (primary N) is 1. The van der Waals surface area contributed by atoms with Gasteiger partial charge < -0.3 is 16.2 Å². The van der Waals surface area contributed by atoms with Crippen molar-refractivity contribution in [1.82, 2.24) is 5.32 Å². The molecule has 0 atom stereocenters. The van der Waals surface area contributed by atoms with E-state index in [0.29, 0.717) is 17.3 Å². The fourth-order valence-electron chi connectivity index (χ4n) is 3.14. The first-order chi connectivity index (χ1) is 11.8. The van der Waals surface area contributed by atoms with Crippen LogP contribution in [0.25, 0.3) is 0 Å². The van der Waals surface area contributed by atoms with Crippen molar-refractivity contribution in [2.75, 3.05) is 5.73 Å². The highest BCUT2D eigenvalue weighted by atomic mass is 79.9. The Morgan fingerprint density at radius 2 is 1.96 bits per heavy atom. The van der Waals surface area contributed by atoms with E-state index in [-0.39, 0.29) is 16.9 Å². The Hall–Kier alpha value is -2.45. The fourth-order valence-corrected chi connectivity index (χ4v) is 3.58. The van der Waals surface area contributed by atoms with Crippen molar-refractivity contribution < 1.29 is 14.8 Å². The van der Waals surface area contributed by atoms with Crippen molar-refractivity contribution in [2.24, 2.45) is 0 Å². The summed E-state index contributed by atoms with van der Waals surface area (Å²) in [6.45, 7) is 0. The summed E-state index contributed by atoms with van der Waals surface area (Å²) in [5.74, 6) is -0.516. The van der Waals surface area contributed by atoms with Gasteiger partial charge in [-0.1, -0.05) is 46.3 Å². The summed E-state index contributed by atoms with van der Waals surface area (Å²) < 4.78 is 0.390. The summed E-state index contributed by atoms with van der Waals surface area (Å²) in [7, 11) is 0. The predicted octanol–water partition coefficient (Wildman–Crippen LogP) is 2.72. The quantitative estimate of drug-likeness (QED) is 0.410. The first-order valence-corrected chi connectivity index (χ1v) is 8.41. The molecule has 0 aromatic heterocycles. The number of carbonyl (C=O) groups is 1. The van der Waals surface area contributed by atoms with Crippen molar-refractivity contribution in [3.8, 4) is 0 Å². The topological polar surface area (TPSA) is 118 Å². The molecule has 1 fully saturated rings. The zero-order chi connectivity index (χ0) is 18.2. The van der Waals surface area contributed by atoms with E-state index >= 15 is 0 Å². The van der Waals surface area contributed by atoms with E-state index in [0.717, 1.165) is 5.56 Å². The highest BCUT2D eigenvalue weighted by molar-refractivity contribution is 9.10. The monoisotopic (exact) mass is 405 g/mol. The lowest BCUT2D eigenvalue weighted by Gasteiger charge is -2.46. The van der Waals surface area contributed by atoms with Gasteiger partial charge in [0.1, 0.15) is 5.69 Å². The summed E-state index contributed by atoms with van der Waals surface area (Å²) in [6.07, 6.45) is 0.243. The standard InChI is InChI=1S/C17H16BrN3O4/c18-11-6-13(15(19)14(7-11)21(24)25)16(23)20-17(8-12(22)9-17)10-4-2-1-3-5-10/h1-7,12,22H,8-9,19H2,(H,20,23). The second-order valence-electron chi connectivity index (χ2n) is 6.11. The van der Waals surface area contributed by atoms with Gasteiger partial charge >= 0.3 is 0 Å². The van der Waals surface area contributed by atoms with Crippen molar-refractivity contribution in [2.45, 2.75) is 24.5 Å². The molecule has 0 aliphatic heterocycles. The van der Waals surface area contributed by atoms with E-state index in [4.69, 9.17) is 5.73 Å². The predicted molar refractivity (Wildman–Crippen MR) is 96.0 cm³/mol. The lowest BCUT2D eigenvalue weighted by molar-refractivity contribution is -0.384. The van der Waals surface area contributed by atoms with E-state index in [2.05, 4.69) is 21.2 Å². The molecule has 1 saturated carbocycles. The molecule has 130 valence electrons. The molecule has 7 nitrogen and oxygen atoms in total. The summed E-state index contributed by atoms with van der Waals surface area (Å²) in [5.41, 5.74) is 5.50. The fraction of sp³-hybridized carbons (Fsp3) is 0.235. The number of anilines is 1. The molecule has 25 heavy (non-hydrogen) atoms. The van der Waals surface area contributed by atoms with Gasteiger partial charge in [-0.15, -0.1) is 0 Å². The molecule has 1 aliphatic carbocycles. The molecule has 8 heteroatoms. The third kappa shape index (κ3) is 3.22. The van der Waals surface area contributed by atoms with Gasteiger partial charge in [0, 0.05) is 23.4 Å². The van der Waals surface area contributed by atoms with Crippen LogP contribution in [0.4, 0.5) is 11.4 Å². The van der Waals surface area contributed by atoms with Crippen LogP contribution < -0.4 is 11.1 Å². The second-order valence-corrected chi connectivity index (χ2v) is 7.02. The van der Waals surface area contributed by atoms with Crippen molar-refractivity contribution in [3.63, 3.8) is 0 Å². The maximum Gasteiger partial charge on any atom is 0.294 e. The highest BCUT2D eigenvalue weighted by Crippen LogP contribution is 2.42. The number of aliphatic hydroxyl groups excluding tert-OH is 1. The van der Waals surface area contributed by atoms with E-state index in [9.17, 15) is 20.0 Å². The van der Waals surface area contributed by atoms with Gasteiger partial charge in [0.2, 0.25) is 0 Å². The smallest absolute Gasteiger partial charge is 0.294 e. The normalized spacial score (nSPS) is 22.1. The Morgan fingerprint density at radius 3 is 2.52 bits per heavy atom. The molecule has 0 radical (unpaired) electrons. The van der Waals surface area contributed by atoms with Crippen LogP contribution >= 0.6 is 15.9 Å². The molecule has 2 aromatic carbocycles. The van der Waals surface area contributed by atoms with Crippen LogP contribution in [0.2, 0.25) is 0 Å². The molecule has 0 heterocycles. The lowest BCUT2D eigenvalue weighted by atomic mass is 9.69. The maximum absolute atomic E-state index is 12.8. The van der Waals surface area contributed by atoms with Gasteiger partial charge in [0.15, 0.2) is 0 Å². The number of nitro groups is 1. The number of nitrogens with one attached hydrogen (secondary N) is 1. The molecule has 0 spiro atoms. The number of carbonyl (C=O) groups excluding carboxylic acids is 1. The lowest BCUT2D eigenvalue weighted by Crippen LogP contribution is -2.56. The molecule has 4 N–H and O–H groups in total. The van der Waals surface area contributed by atoms with Crippen LogP contribution in [0, 0.1) is 10.1 Å². The zero-order valence-corrected chi connectivity index (χ0v) is 14.7. The minimum atomic E-state index is -0.707. The number of nitrogens with zero attached hydrogens (tertiary/aromatic N) is 1. The van der Waals surface area contributed by atoms with Crippen LogP contribution in [0.1, 0.15) is 28.8 Å². The second kappa shape index (κ2) is 6.45. The van der Waals surface area contributed by atoms with Gasteiger partial charge in [-0.05, 0) is 11.6 Å². The van der Waals surface area contributed by atoms with Crippen LogP contribution in [0.15, 0.2) is 46.9 Å². The number of benzene rings is 2. The van der Waals surface area contributed by atoms with Crippen LogP contribution in [0.3, 0.4) is 0 Å². The Balaban J connectivity index is 1.95. The molecule has 3 rings (SSSR count). The number of nitrogen functional groups attached to an aromatic ring is 1. The van der Waals surface area contributed by atoms with Crippen molar-refractivity contribution in [3.05, 3.63) is 68.2 Å². The molecule has 2 aromatic rings. The van der Waals surface area contributed by atoms with E-state index in [1.54, 1.807) is 0 Å². The van der Waals surface area contributed by atoms with Crippen LogP contribution in [0.5, 0.6) is 0 Å². The van der Waals surface area contributed by atoms with Gasteiger partial charge in [-0.2, -0.15) is 0 Å². The van der Waals surface area contributed by atoms with Crippen LogP contribution in [-0.2, 0) is 5.54 Å². The third-order valence-corrected chi connectivity index (χ3v) is 4.87. The third-order valence-electron chi connectivity index (χ3n) is 4.41. The number of aliphatic hydroxyl groups is 1. The van der Waals surface area contributed by atoms with E-state index in [1.165, 1.54) is 12.1 Å². The first-order valence-electron chi connectivity index (χ1n) is 7.62. The zero-order valence-electron chi connectivity index (χ0n) is 13.1. The number of nitro benzene ring substituents is 1. The molecule has 0 unspecified atom stereocenters. The van der Waals surface area contributed by atoms with Gasteiger partial charge in [-0.3, -0.25) is 14.9 Å². The Kier molecular flexibility index (Phi) is 4.49. The number of hydrogen-bond donors (Lipinski definition) is 3. The SMILES string of the molecule is Nc1c(C(=O)NC2(c3ccccc3)CC(O)C2)cc(Br)cc1[N+](=O)[O-]. The Labute approximate surface area is 152 Å². The first kappa shape index (κ1) is 17.4. The molecule has 0 bridgehead atoms. The maximum atomic E-state index is 12.8. The van der Waals surface area contributed by atoms with Gasteiger partial charge in [-0.25, -0.2) is 0 Å². The molecular weight excluding hydrogens is 390 g/mol. The summed E-state index contributed by atoms with van der Waals surface area (Å²) in [4.78, 5) is 23.2.